The van der Waals surface area contributed by atoms with Gasteiger partial charge in [-0.05, 0) is 36.4 Å². The first-order chi connectivity index (χ1) is 9.54. The quantitative estimate of drug-likeness (QED) is 0.712. The third-order valence-electron chi connectivity index (χ3n) is 3.37. The molecule has 1 unspecified atom stereocenters. The van der Waals surface area contributed by atoms with Crippen LogP contribution in [-0.2, 0) is 0 Å². The number of hydrogen-bond acceptors (Lipinski definition) is 2. The molecule has 2 heteroatoms. The molecule has 0 spiro atoms. The van der Waals surface area contributed by atoms with Gasteiger partial charge in [0.05, 0.1) is 0 Å². The fourth-order valence-corrected chi connectivity index (χ4v) is 2.30. The molecule has 0 aliphatic carbocycles. The molecule has 0 aliphatic rings. The van der Waals surface area contributed by atoms with Crippen molar-refractivity contribution in [3.63, 3.8) is 0 Å². The first-order valence-electron chi connectivity index (χ1n) is 8.00. The van der Waals surface area contributed by atoms with Crippen LogP contribution in [0.4, 0.5) is 0 Å². The summed E-state index contributed by atoms with van der Waals surface area (Å²) in [6.45, 7) is 13.1. The summed E-state index contributed by atoms with van der Waals surface area (Å²) in [7, 11) is 0. The molecule has 0 aliphatic heterocycles. The summed E-state index contributed by atoms with van der Waals surface area (Å²) < 4.78 is 6.27. The normalized spacial score (nSPS) is 12.9. The van der Waals surface area contributed by atoms with Crippen molar-refractivity contribution >= 4 is 0 Å². The first-order valence-corrected chi connectivity index (χ1v) is 8.00. The SMILES string of the molecule is CCCC(CNCC(C)C)Oc1ccccc1C(C)C. The third kappa shape index (κ3) is 5.96. The van der Waals surface area contributed by atoms with Crippen molar-refractivity contribution in [2.75, 3.05) is 13.1 Å². The molecule has 1 aromatic carbocycles. The Hall–Kier alpha value is -1.02. The van der Waals surface area contributed by atoms with Gasteiger partial charge in [-0.15, -0.1) is 0 Å². The molecule has 0 heterocycles. The van der Waals surface area contributed by atoms with Gasteiger partial charge >= 0.3 is 0 Å². The van der Waals surface area contributed by atoms with E-state index in [9.17, 15) is 0 Å². The number of hydrogen-bond donors (Lipinski definition) is 1. The largest absolute Gasteiger partial charge is 0.489 e. The monoisotopic (exact) mass is 277 g/mol. The van der Waals surface area contributed by atoms with Crippen LogP contribution in [0, 0.1) is 5.92 Å². The van der Waals surface area contributed by atoms with Crippen molar-refractivity contribution in [1.82, 2.24) is 5.32 Å². The second-order valence-electron chi connectivity index (χ2n) is 6.27. The summed E-state index contributed by atoms with van der Waals surface area (Å²) in [4.78, 5) is 0. The van der Waals surface area contributed by atoms with Gasteiger partial charge in [0.1, 0.15) is 11.9 Å². The van der Waals surface area contributed by atoms with Crippen LogP contribution in [0.1, 0.15) is 58.9 Å². The molecule has 0 radical (unpaired) electrons. The molecule has 0 fully saturated rings. The van der Waals surface area contributed by atoms with Gasteiger partial charge in [0, 0.05) is 6.54 Å². The maximum atomic E-state index is 6.27. The van der Waals surface area contributed by atoms with E-state index < -0.39 is 0 Å². The number of benzene rings is 1. The van der Waals surface area contributed by atoms with E-state index in [2.05, 4.69) is 64.2 Å². The average molecular weight is 277 g/mol. The summed E-state index contributed by atoms with van der Waals surface area (Å²) in [6, 6.07) is 8.42. The predicted molar refractivity (Wildman–Crippen MR) is 87.6 cm³/mol. The number of nitrogens with one attached hydrogen (secondary N) is 1. The molecule has 0 amide bonds. The van der Waals surface area contributed by atoms with E-state index in [0.717, 1.165) is 31.7 Å². The molecule has 1 rings (SSSR count). The Morgan fingerprint density at radius 2 is 1.75 bits per heavy atom. The van der Waals surface area contributed by atoms with Crippen LogP contribution in [-0.4, -0.2) is 19.2 Å². The zero-order valence-corrected chi connectivity index (χ0v) is 13.8. The Kier molecular flexibility index (Phi) is 7.68. The van der Waals surface area contributed by atoms with E-state index in [1.807, 2.05) is 0 Å². The molecule has 0 aromatic heterocycles. The van der Waals surface area contributed by atoms with Crippen LogP contribution in [0.3, 0.4) is 0 Å². The highest BCUT2D eigenvalue weighted by Gasteiger charge is 2.13. The fraction of sp³-hybridized carbons (Fsp3) is 0.667. The molecule has 1 atom stereocenters. The van der Waals surface area contributed by atoms with Crippen LogP contribution in [0.25, 0.3) is 0 Å². The molecular weight excluding hydrogens is 246 g/mol. The highest BCUT2D eigenvalue weighted by molar-refractivity contribution is 5.35. The van der Waals surface area contributed by atoms with Crippen molar-refractivity contribution in [2.24, 2.45) is 5.92 Å². The van der Waals surface area contributed by atoms with E-state index in [1.54, 1.807) is 0 Å². The Morgan fingerprint density at radius 3 is 2.35 bits per heavy atom. The minimum absolute atomic E-state index is 0.263. The first kappa shape index (κ1) is 17.0. The summed E-state index contributed by atoms with van der Waals surface area (Å²) in [5.41, 5.74) is 1.30. The van der Waals surface area contributed by atoms with E-state index in [-0.39, 0.29) is 6.10 Å². The topological polar surface area (TPSA) is 21.3 Å². The smallest absolute Gasteiger partial charge is 0.123 e. The summed E-state index contributed by atoms with van der Waals surface area (Å²) >= 11 is 0. The molecule has 114 valence electrons. The van der Waals surface area contributed by atoms with E-state index in [1.165, 1.54) is 5.56 Å². The number of ether oxygens (including phenoxy) is 1. The third-order valence-corrected chi connectivity index (χ3v) is 3.37. The summed E-state index contributed by atoms with van der Waals surface area (Å²) in [5, 5.41) is 3.51. The van der Waals surface area contributed by atoms with Crippen LogP contribution < -0.4 is 10.1 Å². The maximum Gasteiger partial charge on any atom is 0.123 e. The van der Waals surface area contributed by atoms with Crippen molar-refractivity contribution in [3.8, 4) is 5.75 Å². The van der Waals surface area contributed by atoms with Crippen LogP contribution in [0.15, 0.2) is 24.3 Å². The minimum atomic E-state index is 0.263. The Bertz CT molecular complexity index is 373. The lowest BCUT2D eigenvalue weighted by molar-refractivity contribution is 0.183. The zero-order chi connectivity index (χ0) is 15.0. The molecule has 20 heavy (non-hydrogen) atoms. The average Bonchev–Trinajstić information content (AvgIpc) is 2.38. The molecule has 0 bridgehead atoms. The Balaban J connectivity index is 2.65. The van der Waals surface area contributed by atoms with Crippen molar-refractivity contribution in [3.05, 3.63) is 29.8 Å². The lowest BCUT2D eigenvalue weighted by atomic mass is 10.0. The van der Waals surface area contributed by atoms with Gasteiger partial charge in [0.2, 0.25) is 0 Å². The standard InChI is InChI=1S/C18H31NO/c1-6-9-16(13-19-12-14(2)3)20-18-11-8-7-10-17(18)15(4)5/h7-8,10-11,14-16,19H,6,9,12-13H2,1-5H3. The summed E-state index contributed by atoms with van der Waals surface area (Å²) in [5.74, 6) is 2.23. The fourth-order valence-electron chi connectivity index (χ4n) is 2.30. The van der Waals surface area contributed by atoms with E-state index in [4.69, 9.17) is 4.74 Å². The molecule has 0 saturated carbocycles. The highest BCUT2D eigenvalue weighted by atomic mass is 16.5. The van der Waals surface area contributed by atoms with Crippen molar-refractivity contribution < 1.29 is 4.74 Å². The Labute approximate surface area is 124 Å². The van der Waals surface area contributed by atoms with Gasteiger partial charge in [0.15, 0.2) is 0 Å². The van der Waals surface area contributed by atoms with Gasteiger partial charge in [0.25, 0.3) is 0 Å². The second-order valence-corrected chi connectivity index (χ2v) is 6.27. The van der Waals surface area contributed by atoms with Crippen molar-refractivity contribution in [2.45, 2.75) is 59.5 Å². The highest BCUT2D eigenvalue weighted by Crippen LogP contribution is 2.27. The minimum Gasteiger partial charge on any atom is -0.489 e. The molecule has 2 nitrogen and oxygen atoms in total. The van der Waals surface area contributed by atoms with Gasteiger partial charge in [-0.25, -0.2) is 0 Å². The van der Waals surface area contributed by atoms with Gasteiger partial charge in [-0.2, -0.15) is 0 Å². The lowest BCUT2D eigenvalue weighted by Crippen LogP contribution is -2.33. The van der Waals surface area contributed by atoms with E-state index >= 15 is 0 Å². The number of para-hydroxylation sites is 1. The zero-order valence-electron chi connectivity index (χ0n) is 13.8. The Morgan fingerprint density at radius 1 is 1.05 bits per heavy atom. The van der Waals surface area contributed by atoms with Gasteiger partial charge < -0.3 is 10.1 Å². The van der Waals surface area contributed by atoms with Gasteiger partial charge in [-0.1, -0.05) is 59.2 Å². The van der Waals surface area contributed by atoms with Crippen LogP contribution in [0.5, 0.6) is 5.75 Å². The second kappa shape index (κ2) is 9.02. The van der Waals surface area contributed by atoms with Crippen LogP contribution >= 0.6 is 0 Å². The molecule has 1 N–H and O–H groups in total. The lowest BCUT2D eigenvalue weighted by Gasteiger charge is -2.22. The van der Waals surface area contributed by atoms with Gasteiger partial charge in [-0.3, -0.25) is 0 Å². The maximum absolute atomic E-state index is 6.27. The molecular formula is C18H31NO. The van der Waals surface area contributed by atoms with Crippen LogP contribution in [0.2, 0.25) is 0 Å². The number of rotatable bonds is 9. The predicted octanol–water partition coefficient (Wildman–Crippen LogP) is 4.60. The molecule has 0 saturated heterocycles. The van der Waals surface area contributed by atoms with E-state index in [0.29, 0.717) is 11.8 Å². The summed E-state index contributed by atoms with van der Waals surface area (Å²) in [6.07, 6.45) is 2.51. The van der Waals surface area contributed by atoms with Crippen molar-refractivity contribution in [1.29, 1.82) is 0 Å². The molecule has 1 aromatic rings.